The third-order valence-corrected chi connectivity index (χ3v) is 0.0556. The van der Waals surface area contributed by atoms with Gasteiger partial charge in [-0.25, -0.2) is 0 Å². The van der Waals surface area contributed by atoms with Gasteiger partial charge in [-0.1, -0.05) is 0 Å². The molecule has 4 heteroatoms. The van der Waals surface area contributed by atoms with Gasteiger partial charge in [0.05, 0.1) is 0 Å². The number of carbonyl (C=O) groups excluding carboxylic acids is 1. The summed E-state index contributed by atoms with van der Waals surface area (Å²) in [5.41, 5.74) is 0. The Bertz CT molecular complexity index is 27.5. The Balaban J connectivity index is -0.0000000450. The van der Waals surface area contributed by atoms with Crippen LogP contribution in [0.3, 0.4) is 0 Å². The molecule has 0 aromatic rings. The van der Waals surface area contributed by atoms with Gasteiger partial charge in [0.1, 0.15) is 0 Å². The molecule has 0 unspecified atom stereocenters. The predicted octanol–water partition coefficient (Wildman–Crippen LogP) is -3.85. The minimum Gasteiger partial charge on any atom is -1.00 e. The first-order valence-corrected chi connectivity index (χ1v) is 0.707. The Morgan fingerprint density at radius 1 is 2.00 bits per heavy atom. The van der Waals surface area contributed by atoms with E-state index in [0.717, 1.165) is 0 Å². The predicted molar refractivity (Wildman–Crippen MR) is 12.4 cm³/mol. The van der Waals surface area contributed by atoms with Crippen molar-refractivity contribution in [2.45, 2.75) is 0 Å². The average Bonchev–Trinajstić information content (AvgIpc) is 1.37. The van der Waals surface area contributed by atoms with Gasteiger partial charge in [-0.2, -0.15) is 5.90 Å². The minimum absolute atomic E-state index is 0. The maximum absolute atomic E-state index is 8.83. The molecular weight excluding hydrogens is 81.0 g/mol. The Hall–Kier alpha value is 0.430. The number of hydrogen-bond acceptors (Lipinski definition) is 3. The molecule has 0 aliphatic carbocycles. The van der Waals surface area contributed by atoms with Crippen LogP contribution in [-0.4, -0.2) is 6.47 Å². The van der Waals surface area contributed by atoms with Crippen molar-refractivity contribution in [1.29, 1.82) is 0 Å². The van der Waals surface area contributed by atoms with Crippen molar-refractivity contribution >= 4 is 6.47 Å². The Kier molecular flexibility index (Phi) is 16.0. The fourth-order valence-corrected chi connectivity index (χ4v) is 0. The van der Waals surface area contributed by atoms with Crippen molar-refractivity contribution in [2.24, 2.45) is 5.90 Å². The third kappa shape index (κ3) is 12.8. The molecule has 0 amide bonds. The second-order valence-corrected chi connectivity index (χ2v) is 0.232. The SMILES string of the molecule is NOC=O.[H-].[Na+]. The van der Waals surface area contributed by atoms with Crippen molar-refractivity contribution in [3.05, 3.63) is 0 Å². The van der Waals surface area contributed by atoms with Gasteiger partial charge >= 0.3 is 36.0 Å². The van der Waals surface area contributed by atoms with E-state index in [2.05, 4.69) is 10.7 Å². The van der Waals surface area contributed by atoms with E-state index >= 15 is 0 Å². The van der Waals surface area contributed by atoms with Crippen molar-refractivity contribution in [2.75, 3.05) is 0 Å². The summed E-state index contributed by atoms with van der Waals surface area (Å²) in [5, 5.41) is 0. The van der Waals surface area contributed by atoms with E-state index in [1.165, 1.54) is 0 Å². The second kappa shape index (κ2) is 8.83. The van der Waals surface area contributed by atoms with Crippen LogP contribution in [-0.2, 0) is 9.63 Å². The summed E-state index contributed by atoms with van der Waals surface area (Å²) in [6, 6.07) is 0. The van der Waals surface area contributed by atoms with Crippen LogP contribution in [0.25, 0.3) is 0 Å². The molecule has 26 valence electrons. The van der Waals surface area contributed by atoms with E-state index in [1.54, 1.807) is 0 Å². The van der Waals surface area contributed by atoms with Gasteiger partial charge in [-0.05, 0) is 0 Å². The van der Waals surface area contributed by atoms with Crippen molar-refractivity contribution in [3.8, 4) is 0 Å². The zero-order valence-electron chi connectivity index (χ0n) is 3.97. The molecule has 0 radical (unpaired) electrons. The molecule has 5 heavy (non-hydrogen) atoms. The molecule has 0 aliphatic rings. The molecule has 2 N–H and O–H groups in total. The Morgan fingerprint density at radius 2 is 2.20 bits per heavy atom. The Morgan fingerprint density at radius 3 is 2.20 bits per heavy atom. The maximum atomic E-state index is 8.83. The summed E-state index contributed by atoms with van der Waals surface area (Å²) >= 11 is 0. The fourth-order valence-electron chi connectivity index (χ4n) is 0. The molecule has 0 saturated carbocycles. The van der Waals surface area contributed by atoms with Crippen LogP contribution in [0.1, 0.15) is 1.43 Å². The zero-order valence-corrected chi connectivity index (χ0v) is 4.97. The minimum atomic E-state index is 0. The average molecular weight is 85.0 g/mol. The van der Waals surface area contributed by atoms with Gasteiger partial charge in [-0.15, -0.1) is 0 Å². The molecule has 0 atom stereocenters. The van der Waals surface area contributed by atoms with E-state index in [9.17, 15) is 0 Å². The Labute approximate surface area is 53.2 Å². The van der Waals surface area contributed by atoms with Gasteiger partial charge in [0, 0.05) is 0 Å². The van der Waals surface area contributed by atoms with E-state index in [0.29, 0.717) is 0 Å². The number of hydrogen-bond donors (Lipinski definition) is 1. The molecule has 0 bridgehead atoms. The largest absolute Gasteiger partial charge is 1.00 e. The molecule has 0 heterocycles. The third-order valence-electron chi connectivity index (χ3n) is 0.0556. The number of nitrogens with two attached hydrogens (primary N) is 1. The molecule has 0 spiro atoms. The quantitative estimate of drug-likeness (QED) is 0.201. The summed E-state index contributed by atoms with van der Waals surface area (Å²) in [6.45, 7) is 0.153. The van der Waals surface area contributed by atoms with Crippen LogP contribution in [0.5, 0.6) is 0 Å². The summed E-state index contributed by atoms with van der Waals surface area (Å²) in [4.78, 5) is 12.2. The smallest absolute Gasteiger partial charge is 1.00 e. The fraction of sp³-hybridized carbons (Fsp3) is 0. The van der Waals surface area contributed by atoms with Crippen molar-refractivity contribution in [1.82, 2.24) is 0 Å². The standard InChI is InChI=1S/CH3NO2.Na.H/c2-4-1-3;;/h1H,2H2;;/q;+1;-1. The zero-order chi connectivity index (χ0) is 3.41. The topological polar surface area (TPSA) is 52.3 Å². The van der Waals surface area contributed by atoms with Crippen LogP contribution < -0.4 is 35.5 Å². The van der Waals surface area contributed by atoms with Crippen LogP contribution in [0.15, 0.2) is 0 Å². The normalized spacial score (nSPS) is 4.20. The summed E-state index contributed by atoms with van der Waals surface area (Å²) < 4.78 is 0. The molecule has 0 saturated heterocycles. The van der Waals surface area contributed by atoms with Gasteiger partial charge < -0.3 is 6.26 Å². The number of rotatable bonds is 1. The molecular formula is CH4NNaO2. The molecule has 0 aromatic heterocycles. The van der Waals surface area contributed by atoms with E-state index in [1.807, 2.05) is 0 Å². The summed E-state index contributed by atoms with van der Waals surface area (Å²) in [7, 11) is 0. The van der Waals surface area contributed by atoms with Gasteiger partial charge in [-0.3, -0.25) is 4.79 Å². The number of carbonyl (C=O) groups is 1. The van der Waals surface area contributed by atoms with Crippen molar-refractivity contribution in [3.63, 3.8) is 0 Å². The van der Waals surface area contributed by atoms with Gasteiger partial charge in [0.15, 0.2) is 0 Å². The first kappa shape index (κ1) is 9.06. The van der Waals surface area contributed by atoms with Crippen molar-refractivity contribution < 1.29 is 40.6 Å². The van der Waals surface area contributed by atoms with Crippen LogP contribution >= 0.6 is 0 Å². The summed E-state index contributed by atoms with van der Waals surface area (Å²) in [5.74, 6) is 4.16. The van der Waals surface area contributed by atoms with Crippen LogP contribution in [0, 0.1) is 0 Å². The molecule has 3 nitrogen and oxygen atoms in total. The summed E-state index contributed by atoms with van der Waals surface area (Å²) in [6.07, 6.45) is 0. The van der Waals surface area contributed by atoms with Gasteiger partial charge in [0.2, 0.25) is 0 Å². The van der Waals surface area contributed by atoms with Crippen LogP contribution in [0.2, 0.25) is 0 Å². The first-order chi connectivity index (χ1) is 1.91. The van der Waals surface area contributed by atoms with Gasteiger partial charge in [0.25, 0.3) is 0 Å². The van der Waals surface area contributed by atoms with E-state index in [-0.39, 0.29) is 37.5 Å². The monoisotopic (exact) mass is 85.0 g/mol. The second-order valence-electron chi connectivity index (χ2n) is 0.232. The van der Waals surface area contributed by atoms with Crippen LogP contribution in [0.4, 0.5) is 0 Å². The van der Waals surface area contributed by atoms with E-state index < -0.39 is 0 Å². The molecule has 0 fully saturated rings. The first-order valence-electron chi connectivity index (χ1n) is 0.707. The molecule has 0 aromatic carbocycles. The maximum Gasteiger partial charge on any atom is 1.00 e. The van der Waals surface area contributed by atoms with E-state index in [4.69, 9.17) is 4.79 Å². The molecule has 0 aliphatic heterocycles. The molecule has 0 rings (SSSR count).